The Morgan fingerprint density at radius 2 is 0.569 bits per heavy atom. The molecule has 0 rings (SSSR count). The highest BCUT2D eigenvalue weighted by Gasteiger charge is 2.19. The maximum Gasteiger partial charge on any atom is 0.306 e. The third-order valence-electron chi connectivity index (χ3n) is 11.5. The minimum Gasteiger partial charge on any atom is -0.462 e. The van der Waals surface area contributed by atoms with Gasteiger partial charge in [-0.25, -0.2) is 0 Å². The minimum absolute atomic E-state index is 0.0681. The molecule has 1 atom stereocenters. The Hall–Kier alpha value is -1.85. The number of unbranched alkanes of at least 4 members (excludes halogenated alkanes) is 34. The van der Waals surface area contributed by atoms with Crippen LogP contribution in [0.4, 0.5) is 0 Å². The smallest absolute Gasteiger partial charge is 0.306 e. The minimum atomic E-state index is -0.767. The van der Waals surface area contributed by atoms with Crippen molar-refractivity contribution in [2.24, 2.45) is 0 Å². The van der Waals surface area contributed by atoms with Crippen molar-refractivity contribution in [1.82, 2.24) is 0 Å². The lowest BCUT2D eigenvalue weighted by Crippen LogP contribution is -2.30. The van der Waals surface area contributed by atoms with E-state index in [2.05, 4.69) is 32.9 Å². The standard InChI is InChI=1S/C52H98O6/c1-4-7-10-13-16-19-22-25-28-30-33-36-39-42-45-51(54)57-48-49(58-52(55)46-43-40-37-34-31-27-24-21-18-15-12-9-6-3)47-56-50(53)44-41-38-35-32-29-26-23-20-17-14-11-8-5-2/h21,24,49H,4-20,22-23,25-48H2,1-3H3/b24-21+/t49-/m1/s1. The summed E-state index contributed by atoms with van der Waals surface area (Å²) in [5.41, 5.74) is 0. The van der Waals surface area contributed by atoms with Gasteiger partial charge in [0.1, 0.15) is 13.2 Å². The van der Waals surface area contributed by atoms with Crippen molar-refractivity contribution in [2.45, 2.75) is 290 Å². The highest BCUT2D eigenvalue weighted by Crippen LogP contribution is 2.16. The largest absolute Gasteiger partial charge is 0.462 e. The summed E-state index contributed by atoms with van der Waals surface area (Å²) in [7, 11) is 0. The zero-order chi connectivity index (χ0) is 42.3. The zero-order valence-electron chi connectivity index (χ0n) is 39.1. The van der Waals surface area contributed by atoms with Crippen LogP contribution >= 0.6 is 0 Å². The van der Waals surface area contributed by atoms with Gasteiger partial charge in [0.05, 0.1) is 0 Å². The van der Waals surface area contributed by atoms with Crippen molar-refractivity contribution >= 4 is 17.9 Å². The second kappa shape index (κ2) is 47.8. The molecule has 0 heterocycles. The Balaban J connectivity index is 4.33. The van der Waals surface area contributed by atoms with E-state index in [0.29, 0.717) is 19.3 Å². The molecule has 0 aromatic heterocycles. The summed E-state index contributed by atoms with van der Waals surface area (Å²) in [6, 6.07) is 0. The third kappa shape index (κ3) is 45.2. The van der Waals surface area contributed by atoms with E-state index >= 15 is 0 Å². The number of hydrogen-bond donors (Lipinski definition) is 0. The van der Waals surface area contributed by atoms with Gasteiger partial charge in [-0.15, -0.1) is 0 Å². The van der Waals surface area contributed by atoms with Crippen molar-refractivity contribution in [3.05, 3.63) is 12.2 Å². The monoisotopic (exact) mass is 819 g/mol. The fourth-order valence-corrected chi connectivity index (χ4v) is 7.61. The first-order chi connectivity index (χ1) is 28.5. The normalized spacial score (nSPS) is 12.0. The molecule has 0 aliphatic carbocycles. The molecule has 0 aliphatic rings. The molecular weight excluding hydrogens is 721 g/mol. The lowest BCUT2D eigenvalue weighted by molar-refractivity contribution is -0.167. The molecule has 0 N–H and O–H groups in total. The number of carbonyl (C=O) groups excluding carboxylic acids is 3. The summed E-state index contributed by atoms with van der Waals surface area (Å²) in [5, 5.41) is 0. The van der Waals surface area contributed by atoms with Crippen LogP contribution in [0.15, 0.2) is 12.2 Å². The number of hydrogen-bond acceptors (Lipinski definition) is 6. The summed E-state index contributed by atoms with van der Waals surface area (Å²) < 4.78 is 16.8. The van der Waals surface area contributed by atoms with Crippen LogP contribution in [0.2, 0.25) is 0 Å². The average Bonchev–Trinajstić information content (AvgIpc) is 3.22. The average molecular weight is 819 g/mol. The molecule has 0 saturated carbocycles. The van der Waals surface area contributed by atoms with Crippen LogP contribution in [0.3, 0.4) is 0 Å². The Bertz CT molecular complexity index is 900. The van der Waals surface area contributed by atoms with Gasteiger partial charge in [-0.2, -0.15) is 0 Å². The molecule has 0 radical (unpaired) electrons. The maximum absolute atomic E-state index is 12.8. The van der Waals surface area contributed by atoms with Gasteiger partial charge in [0.2, 0.25) is 0 Å². The van der Waals surface area contributed by atoms with Crippen LogP contribution in [-0.4, -0.2) is 37.2 Å². The molecular formula is C52H98O6. The van der Waals surface area contributed by atoms with E-state index in [9.17, 15) is 14.4 Å². The van der Waals surface area contributed by atoms with Crippen molar-refractivity contribution in [2.75, 3.05) is 13.2 Å². The predicted octanol–water partition coefficient (Wildman–Crippen LogP) is 16.6. The van der Waals surface area contributed by atoms with Crippen molar-refractivity contribution < 1.29 is 28.6 Å². The number of ether oxygens (including phenoxy) is 3. The van der Waals surface area contributed by atoms with Gasteiger partial charge in [0.25, 0.3) is 0 Å². The number of esters is 3. The number of carbonyl (C=O) groups is 3. The summed E-state index contributed by atoms with van der Waals surface area (Å²) in [6.45, 7) is 6.65. The van der Waals surface area contributed by atoms with Crippen molar-refractivity contribution in [3.8, 4) is 0 Å². The van der Waals surface area contributed by atoms with Crippen LogP contribution in [0.5, 0.6) is 0 Å². The van der Waals surface area contributed by atoms with E-state index < -0.39 is 6.10 Å². The van der Waals surface area contributed by atoms with E-state index in [-0.39, 0.29) is 31.1 Å². The fourth-order valence-electron chi connectivity index (χ4n) is 7.61. The Morgan fingerprint density at radius 3 is 0.879 bits per heavy atom. The Morgan fingerprint density at radius 1 is 0.328 bits per heavy atom. The second-order valence-electron chi connectivity index (χ2n) is 17.4. The fraction of sp³-hybridized carbons (Fsp3) is 0.904. The van der Waals surface area contributed by atoms with Gasteiger partial charge < -0.3 is 14.2 Å². The van der Waals surface area contributed by atoms with Crippen LogP contribution in [-0.2, 0) is 28.6 Å². The van der Waals surface area contributed by atoms with E-state index in [4.69, 9.17) is 14.2 Å². The van der Waals surface area contributed by atoms with Crippen LogP contribution in [0.25, 0.3) is 0 Å². The lowest BCUT2D eigenvalue weighted by Gasteiger charge is -2.18. The van der Waals surface area contributed by atoms with Gasteiger partial charge in [-0.05, 0) is 44.9 Å². The predicted molar refractivity (Wildman–Crippen MR) is 247 cm³/mol. The molecule has 0 bridgehead atoms. The molecule has 0 aliphatic heterocycles. The molecule has 0 aromatic carbocycles. The summed E-state index contributed by atoms with van der Waals surface area (Å²) >= 11 is 0. The first-order valence-corrected chi connectivity index (χ1v) is 25.7. The molecule has 6 nitrogen and oxygen atoms in total. The number of rotatable bonds is 47. The molecule has 0 saturated heterocycles. The zero-order valence-corrected chi connectivity index (χ0v) is 39.1. The van der Waals surface area contributed by atoms with Gasteiger partial charge in [0, 0.05) is 19.3 Å². The molecule has 0 spiro atoms. The van der Waals surface area contributed by atoms with E-state index in [1.54, 1.807) is 0 Å². The van der Waals surface area contributed by atoms with Gasteiger partial charge in [-0.1, -0.05) is 232 Å². The molecule has 6 heteroatoms. The SMILES string of the molecule is CCCCCC/C=C/CCCCCCCC(=O)O[C@H](COC(=O)CCCCCCCCCCCCCCC)COC(=O)CCCCCCCCCCCCCCCC. The van der Waals surface area contributed by atoms with Gasteiger partial charge in [-0.3, -0.25) is 14.4 Å². The quantitative estimate of drug-likeness (QED) is 0.0263. The topological polar surface area (TPSA) is 78.9 Å². The molecule has 0 unspecified atom stereocenters. The highest BCUT2D eigenvalue weighted by atomic mass is 16.6. The van der Waals surface area contributed by atoms with Crippen molar-refractivity contribution in [3.63, 3.8) is 0 Å². The van der Waals surface area contributed by atoms with Crippen molar-refractivity contribution in [1.29, 1.82) is 0 Å². The molecule has 0 amide bonds. The summed E-state index contributed by atoms with van der Waals surface area (Å²) in [6.07, 6.45) is 51.9. The lowest BCUT2D eigenvalue weighted by atomic mass is 10.0. The first-order valence-electron chi connectivity index (χ1n) is 25.7. The summed E-state index contributed by atoms with van der Waals surface area (Å²) in [4.78, 5) is 37.9. The van der Waals surface area contributed by atoms with E-state index in [1.807, 2.05) is 0 Å². The Labute approximate surface area is 360 Å². The molecule has 342 valence electrons. The van der Waals surface area contributed by atoms with Crippen LogP contribution < -0.4 is 0 Å². The highest BCUT2D eigenvalue weighted by molar-refractivity contribution is 5.71. The van der Waals surface area contributed by atoms with Gasteiger partial charge in [0.15, 0.2) is 6.10 Å². The molecule has 0 aromatic rings. The van der Waals surface area contributed by atoms with E-state index in [0.717, 1.165) is 64.2 Å². The first kappa shape index (κ1) is 56.1. The number of allylic oxidation sites excluding steroid dienone is 2. The maximum atomic E-state index is 12.8. The molecule has 58 heavy (non-hydrogen) atoms. The summed E-state index contributed by atoms with van der Waals surface area (Å²) in [5.74, 6) is -0.861. The third-order valence-corrected chi connectivity index (χ3v) is 11.5. The van der Waals surface area contributed by atoms with Gasteiger partial charge >= 0.3 is 17.9 Å². The van der Waals surface area contributed by atoms with Crippen LogP contribution in [0.1, 0.15) is 284 Å². The van der Waals surface area contributed by atoms with E-state index in [1.165, 1.54) is 180 Å². The van der Waals surface area contributed by atoms with Crippen LogP contribution in [0, 0.1) is 0 Å². The molecule has 0 fully saturated rings. The second-order valence-corrected chi connectivity index (χ2v) is 17.4. The Kier molecular flexibility index (Phi) is 46.3.